The smallest absolute Gasteiger partial charge is 0.310 e. The van der Waals surface area contributed by atoms with Gasteiger partial charge in [-0.2, -0.15) is 0 Å². The third-order valence-electron chi connectivity index (χ3n) is 2.54. The fraction of sp³-hybridized carbons (Fsp3) is 0.0833. The van der Waals surface area contributed by atoms with Crippen molar-refractivity contribution in [2.75, 3.05) is 12.8 Å². The quantitative estimate of drug-likeness (QED) is 0.661. The normalized spacial score (nSPS) is 10.1. The van der Waals surface area contributed by atoms with Crippen molar-refractivity contribution in [3.63, 3.8) is 0 Å². The molecule has 0 saturated heterocycles. The second-order valence-electron chi connectivity index (χ2n) is 3.61. The number of nitrogens with two attached hydrogens (primary N) is 1. The monoisotopic (exact) mass is 245 g/mol. The molecule has 0 spiro atoms. The van der Waals surface area contributed by atoms with Crippen molar-refractivity contribution >= 4 is 11.4 Å². The Bertz CT molecular complexity index is 599. The van der Waals surface area contributed by atoms with Crippen LogP contribution in [-0.2, 0) is 0 Å². The number of aromatic nitrogens is 1. The number of rotatable bonds is 3. The molecule has 2 aromatic rings. The fourth-order valence-electron chi connectivity index (χ4n) is 1.63. The van der Waals surface area contributed by atoms with Gasteiger partial charge in [-0.3, -0.25) is 15.1 Å². The number of benzene rings is 1. The van der Waals surface area contributed by atoms with Crippen molar-refractivity contribution in [1.29, 1.82) is 0 Å². The summed E-state index contributed by atoms with van der Waals surface area (Å²) in [5.74, 6) is 0.651. The Kier molecular flexibility index (Phi) is 3.09. The van der Waals surface area contributed by atoms with Gasteiger partial charge < -0.3 is 10.5 Å². The number of anilines is 1. The molecule has 0 aliphatic heterocycles. The van der Waals surface area contributed by atoms with E-state index in [9.17, 15) is 10.1 Å². The number of pyridine rings is 1. The molecular weight excluding hydrogens is 234 g/mol. The topological polar surface area (TPSA) is 91.3 Å². The first-order chi connectivity index (χ1) is 8.63. The summed E-state index contributed by atoms with van der Waals surface area (Å²) in [6.45, 7) is 0. The lowest BCUT2D eigenvalue weighted by Gasteiger charge is -2.07. The molecule has 0 fully saturated rings. The minimum absolute atomic E-state index is 0.100. The number of hydrogen-bond donors (Lipinski definition) is 1. The second-order valence-corrected chi connectivity index (χ2v) is 3.61. The molecule has 0 amide bonds. The van der Waals surface area contributed by atoms with Crippen LogP contribution >= 0.6 is 0 Å². The van der Waals surface area contributed by atoms with Crippen LogP contribution in [0.15, 0.2) is 36.7 Å². The zero-order valence-corrected chi connectivity index (χ0v) is 9.66. The maximum atomic E-state index is 10.8. The van der Waals surface area contributed by atoms with E-state index < -0.39 is 4.92 Å². The highest BCUT2D eigenvalue weighted by atomic mass is 16.6. The summed E-state index contributed by atoms with van der Waals surface area (Å²) >= 11 is 0. The molecule has 0 aliphatic rings. The van der Waals surface area contributed by atoms with Crippen LogP contribution in [0.1, 0.15) is 0 Å². The summed E-state index contributed by atoms with van der Waals surface area (Å²) in [4.78, 5) is 14.1. The van der Waals surface area contributed by atoms with Crippen LogP contribution in [0.4, 0.5) is 11.4 Å². The molecular formula is C12H11N3O3. The minimum Gasteiger partial charge on any atom is -0.497 e. The standard InChI is InChI=1S/C12H11N3O3/c1-18-9-4-2-3-8(5-9)10-6-14-7-11(12(10)13)15(16)17/h2-7H,1H3,(H2,13,14). The van der Waals surface area contributed by atoms with E-state index in [0.717, 1.165) is 11.8 Å². The van der Waals surface area contributed by atoms with Gasteiger partial charge in [-0.05, 0) is 17.7 Å². The largest absolute Gasteiger partial charge is 0.497 e. The molecule has 0 aliphatic carbocycles. The third-order valence-corrected chi connectivity index (χ3v) is 2.54. The number of ether oxygens (including phenoxy) is 1. The van der Waals surface area contributed by atoms with Gasteiger partial charge in [0.05, 0.1) is 12.0 Å². The molecule has 0 atom stereocenters. The van der Waals surface area contributed by atoms with Gasteiger partial charge in [0, 0.05) is 11.8 Å². The van der Waals surface area contributed by atoms with Gasteiger partial charge in [-0.15, -0.1) is 0 Å². The zero-order chi connectivity index (χ0) is 13.1. The van der Waals surface area contributed by atoms with Gasteiger partial charge >= 0.3 is 5.69 Å². The van der Waals surface area contributed by atoms with E-state index in [1.807, 2.05) is 0 Å². The van der Waals surface area contributed by atoms with Gasteiger partial charge in [0.15, 0.2) is 0 Å². The van der Waals surface area contributed by atoms with Crippen LogP contribution in [0, 0.1) is 10.1 Å². The van der Waals surface area contributed by atoms with Gasteiger partial charge in [0.2, 0.25) is 0 Å². The van der Waals surface area contributed by atoms with E-state index in [1.165, 1.54) is 6.20 Å². The lowest BCUT2D eigenvalue weighted by atomic mass is 10.1. The van der Waals surface area contributed by atoms with Gasteiger partial charge in [-0.1, -0.05) is 12.1 Å². The van der Waals surface area contributed by atoms with Crippen molar-refractivity contribution in [2.45, 2.75) is 0 Å². The van der Waals surface area contributed by atoms with Crippen LogP contribution in [0.25, 0.3) is 11.1 Å². The van der Waals surface area contributed by atoms with E-state index in [-0.39, 0.29) is 11.4 Å². The Morgan fingerprint density at radius 2 is 2.17 bits per heavy atom. The highest BCUT2D eigenvalue weighted by Gasteiger charge is 2.16. The molecule has 2 N–H and O–H groups in total. The maximum absolute atomic E-state index is 10.8. The van der Waals surface area contributed by atoms with E-state index in [1.54, 1.807) is 31.4 Å². The second kappa shape index (κ2) is 4.70. The average Bonchev–Trinajstić information content (AvgIpc) is 2.38. The molecule has 1 heterocycles. The highest BCUT2D eigenvalue weighted by molar-refractivity contribution is 5.81. The lowest BCUT2D eigenvalue weighted by Crippen LogP contribution is -1.99. The summed E-state index contributed by atoms with van der Waals surface area (Å²) in [5, 5.41) is 10.8. The van der Waals surface area contributed by atoms with Crippen LogP contribution in [0.3, 0.4) is 0 Å². The minimum atomic E-state index is -0.550. The Labute approximate surface area is 103 Å². The fourth-order valence-corrected chi connectivity index (χ4v) is 1.63. The van der Waals surface area contributed by atoms with Crippen molar-refractivity contribution in [1.82, 2.24) is 4.98 Å². The molecule has 2 rings (SSSR count). The van der Waals surface area contributed by atoms with Crippen molar-refractivity contribution in [3.8, 4) is 16.9 Å². The highest BCUT2D eigenvalue weighted by Crippen LogP contribution is 2.33. The van der Waals surface area contributed by atoms with Gasteiger partial charge in [-0.25, -0.2) is 0 Å². The maximum Gasteiger partial charge on any atom is 0.310 e. The Morgan fingerprint density at radius 3 is 2.83 bits per heavy atom. The average molecular weight is 245 g/mol. The number of nitro groups is 1. The molecule has 0 bridgehead atoms. The molecule has 0 unspecified atom stereocenters. The summed E-state index contributed by atoms with van der Waals surface area (Å²) in [6, 6.07) is 7.10. The van der Waals surface area contributed by atoms with E-state index >= 15 is 0 Å². The molecule has 6 heteroatoms. The lowest BCUT2D eigenvalue weighted by molar-refractivity contribution is -0.384. The number of nitrogens with zero attached hydrogens (tertiary/aromatic N) is 2. The van der Waals surface area contributed by atoms with E-state index in [0.29, 0.717) is 11.3 Å². The first-order valence-corrected chi connectivity index (χ1v) is 5.15. The first kappa shape index (κ1) is 11.8. The van der Waals surface area contributed by atoms with Crippen molar-refractivity contribution in [3.05, 3.63) is 46.8 Å². The molecule has 1 aromatic carbocycles. The van der Waals surface area contributed by atoms with Crippen LogP contribution in [-0.4, -0.2) is 17.0 Å². The molecule has 18 heavy (non-hydrogen) atoms. The van der Waals surface area contributed by atoms with E-state index in [2.05, 4.69) is 4.98 Å². The predicted molar refractivity (Wildman–Crippen MR) is 67.3 cm³/mol. The summed E-state index contributed by atoms with van der Waals surface area (Å²) in [7, 11) is 1.55. The third kappa shape index (κ3) is 2.08. The van der Waals surface area contributed by atoms with Crippen LogP contribution in [0.5, 0.6) is 5.75 Å². The number of nitrogen functional groups attached to an aromatic ring is 1. The van der Waals surface area contributed by atoms with E-state index in [4.69, 9.17) is 10.5 Å². The molecule has 92 valence electrons. The molecule has 0 saturated carbocycles. The molecule has 1 aromatic heterocycles. The van der Waals surface area contributed by atoms with Crippen LogP contribution < -0.4 is 10.5 Å². The SMILES string of the molecule is COc1cccc(-c2cncc([N+](=O)[O-])c2N)c1. The zero-order valence-electron chi connectivity index (χ0n) is 9.66. The van der Waals surface area contributed by atoms with Crippen LogP contribution in [0.2, 0.25) is 0 Å². The number of methoxy groups -OCH3 is 1. The summed E-state index contributed by atoms with van der Waals surface area (Å²) < 4.78 is 5.10. The molecule has 0 radical (unpaired) electrons. The van der Waals surface area contributed by atoms with Gasteiger partial charge in [0.25, 0.3) is 0 Å². The predicted octanol–water partition coefficient (Wildman–Crippen LogP) is 2.25. The van der Waals surface area contributed by atoms with Crippen molar-refractivity contribution in [2.24, 2.45) is 0 Å². The Morgan fingerprint density at radius 1 is 1.39 bits per heavy atom. The Balaban J connectivity index is 2.57. The first-order valence-electron chi connectivity index (χ1n) is 5.15. The van der Waals surface area contributed by atoms with Crippen molar-refractivity contribution < 1.29 is 9.66 Å². The molecule has 6 nitrogen and oxygen atoms in total. The summed E-state index contributed by atoms with van der Waals surface area (Å²) in [5.41, 5.74) is 6.93. The number of hydrogen-bond acceptors (Lipinski definition) is 5. The Hall–Kier alpha value is -2.63. The van der Waals surface area contributed by atoms with Gasteiger partial charge in [0.1, 0.15) is 17.6 Å². The summed E-state index contributed by atoms with van der Waals surface area (Å²) in [6.07, 6.45) is 2.64.